The summed E-state index contributed by atoms with van der Waals surface area (Å²) >= 11 is 4.90. The van der Waals surface area contributed by atoms with Crippen LogP contribution < -0.4 is 5.73 Å². The van der Waals surface area contributed by atoms with Gasteiger partial charge in [-0.25, -0.2) is 0 Å². The van der Waals surface area contributed by atoms with Crippen LogP contribution in [0.4, 0.5) is 0 Å². The third kappa shape index (κ3) is 7.17. The summed E-state index contributed by atoms with van der Waals surface area (Å²) in [6.07, 6.45) is 3.09. The lowest BCUT2D eigenvalue weighted by atomic mass is 10.2. The second-order valence-corrected chi connectivity index (χ2v) is 5.68. The van der Waals surface area contributed by atoms with E-state index in [0.717, 1.165) is 52.2 Å². The van der Waals surface area contributed by atoms with E-state index in [4.69, 9.17) is 22.7 Å². The normalized spacial score (nSPS) is 16.1. The van der Waals surface area contributed by atoms with Crippen molar-refractivity contribution >= 4 is 23.1 Å². The highest BCUT2D eigenvalue weighted by molar-refractivity contribution is 7.80. The number of ether oxygens (including phenoxy) is 1. The summed E-state index contributed by atoms with van der Waals surface area (Å²) in [5, 5.41) is 0. The molecule has 0 aromatic rings. The van der Waals surface area contributed by atoms with Crippen LogP contribution in [0, 0.1) is 0 Å². The van der Waals surface area contributed by atoms with Crippen LogP contribution in [0.5, 0.6) is 0 Å². The molecule has 1 saturated heterocycles. The minimum absolute atomic E-state index is 0.214. The first kappa shape index (κ1) is 17.3. The van der Waals surface area contributed by atoms with E-state index in [1.54, 1.807) is 0 Å². The van der Waals surface area contributed by atoms with Crippen molar-refractivity contribution in [2.24, 2.45) is 5.73 Å². The molecular weight excluding hydrogens is 274 g/mol. The Morgan fingerprint density at radius 2 is 2.00 bits per heavy atom. The standard InChI is InChI=1S/C14H27N3O2S/c1-2-4-14(18)17(8-5-13(15)20)7-3-6-16-9-11-19-12-10-16/h2-12H2,1H3,(H2,15,20). The van der Waals surface area contributed by atoms with Crippen LogP contribution in [0.1, 0.15) is 32.6 Å². The van der Waals surface area contributed by atoms with Crippen LogP contribution in [0.3, 0.4) is 0 Å². The topological polar surface area (TPSA) is 58.8 Å². The first-order chi connectivity index (χ1) is 9.63. The molecular formula is C14H27N3O2S. The molecule has 0 aromatic carbocycles. The first-order valence-electron chi connectivity index (χ1n) is 7.49. The molecule has 0 aromatic heterocycles. The number of hydrogen-bond donors (Lipinski definition) is 1. The van der Waals surface area contributed by atoms with Crippen molar-refractivity contribution in [3.63, 3.8) is 0 Å². The fraction of sp³-hybridized carbons (Fsp3) is 0.857. The number of thiocarbonyl (C=S) groups is 1. The molecule has 0 unspecified atom stereocenters. The molecule has 1 aliphatic rings. The van der Waals surface area contributed by atoms with Crippen LogP contribution >= 0.6 is 12.2 Å². The highest BCUT2D eigenvalue weighted by atomic mass is 32.1. The van der Waals surface area contributed by atoms with E-state index in [2.05, 4.69) is 4.90 Å². The van der Waals surface area contributed by atoms with E-state index < -0.39 is 0 Å². The minimum atomic E-state index is 0.214. The summed E-state index contributed by atoms with van der Waals surface area (Å²) in [6, 6.07) is 0. The molecule has 1 heterocycles. The van der Waals surface area contributed by atoms with Gasteiger partial charge in [0.1, 0.15) is 0 Å². The van der Waals surface area contributed by atoms with Crippen molar-refractivity contribution in [2.45, 2.75) is 32.6 Å². The number of nitrogens with zero attached hydrogens (tertiary/aromatic N) is 2. The number of amides is 1. The quantitative estimate of drug-likeness (QED) is 0.644. The molecule has 6 heteroatoms. The van der Waals surface area contributed by atoms with E-state index in [1.807, 2.05) is 11.8 Å². The number of rotatable bonds is 9. The number of hydrogen-bond acceptors (Lipinski definition) is 4. The van der Waals surface area contributed by atoms with Crippen LogP contribution in [0.15, 0.2) is 0 Å². The van der Waals surface area contributed by atoms with Gasteiger partial charge in [-0.3, -0.25) is 9.69 Å². The molecule has 1 fully saturated rings. The minimum Gasteiger partial charge on any atom is -0.393 e. The van der Waals surface area contributed by atoms with Gasteiger partial charge in [0.05, 0.1) is 18.2 Å². The molecule has 0 spiro atoms. The van der Waals surface area contributed by atoms with Crippen molar-refractivity contribution in [3.8, 4) is 0 Å². The average Bonchev–Trinajstić information content (AvgIpc) is 2.43. The average molecular weight is 301 g/mol. The Morgan fingerprint density at radius 1 is 1.30 bits per heavy atom. The van der Waals surface area contributed by atoms with Crippen molar-refractivity contribution in [1.29, 1.82) is 0 Å². The van der Waals surface area contributed by atoms with Gasteiger partial charge in [0.15, 0.2) is 0 Å². The van der Waals surface area contributed by atoms with E-state index in [9.17, 15) is 4.79 Å². The van der Waals surface area contributed by atoms with Gasteiger partial charge in [0.2, 0.25) is 5.91 Å². The van der Waals surface area contributed by atoms with Crippen molar-refractivity contribution in [2.75, 3.05) is 45.9 Å². The van der Waals surface area contributed by atoms with Crippen molar-refractivity contribution < 1.29 is 9.53 Å². The van der Waals surface area contributed by atoms with Crippen LogP contribution in [0.2, 0.25) is 0 Å². The Balaban J connectivity index is 2.30. The largest absolute Gasteiger partial charge is 0.393 e. The van der Waals surface area contributed by atoms with Crippen LogP contribution in [0.25, 0.3) is 0 Å². The first-order valence-corrected chi connectivity index (χ1v) is 7.90. The van der Waals surface area contributed by atoms with Gasteiger partial charge in [-0.2, -0.15) is 0 Å². The third-order valence-electron chi connectivity index (χ3n) is 3.45. The maximum Gasteiger partial charge on any atom is 0.222 e. The van der Waals surface area contributed by atoms with Gasteiger partial charge in [0, 0.05) is 45.6 Å². The van der Waals surface area contributed by atoms with Crippen LogP contribution in [-0.4, -0.2) is 66.6 Å². The Hall–Kier alpha value is -0.720. The van der Waals surface area contributed by atoms with Gasteiger partial charge in [0.25, 0.3) is 0 Å². The maximum atomic E-state index is 12.0. The number of morpholine rings is 1. The summed E-state index contributed by atoms with van der Waals surface area (Å²) in [7, 11) is 0. The predicted octanol–water partition coefficient (Wildman–Crippen LogP) is 1.01. The Morgan fingerprint density at radius 3 is 2.60 bits per heavy atom. The SMILES string of the molecule is CCCC(=O)N(CCCN1CCOCC1)CCC(N)=S. The van der Waals surface area contributed by atoms with Gasteiger partial charge in [-0.15, -0.1) is 0 Å². The van der Waals surface area contributed by atoms with Gasteiger partial charge in [-0.05, 0) is 12.8 Å². The lowest BCUT2D eigenvalue weighted by Gasteiger charge is -2.28. The zero-order chi connectivity index (χ0) is 14.8. The smallest absolute Gasteiger partial charge is 0.222 e. The molecule has 1 amide bonds. The van der Waals surface area contributed by atoms with Gasteiger partial charge in [-0.1, -0.05) is 19.1 Å². The predicted molar refractivity (Wildman–Crippen MR) is 84.8 cm³/mol. The Kier molecular flexibility index (Phi) is 8.73. The molecule has 0 saturated carbocycles. The zero-order valence-electron chi connectivity index (χ0n) is 12.5. The molecule has 5 nitrogen and oxygen atoms in total. The monoisotopic (exact) mass is 301 g/mol. The summed E-state index contributed by atoms with van der Waals surface area (Å²) in [5.74, 6) is 0.214. The maximum absolute atomic E-state index is 12.0. The van der Waals surface area contributed by atoms with Crippen molar-refractivity contribution in [1.82, 2.24) is 9.80 Å². The molecule has 0 radical (unpaired) electrons. The highest BCUT2D eigenvalue weighted by Crippen LogP contribution is 2.04. The summed E-state index contributed by atoms with van der Waals surface area (Å²) in [5.41, 5.74) is 5.53. The zero-order valence-corrected chi connectivity index (χ0v) is 13.3. The van der Waals surface area contributed by atoms with Gasteiger partial charge < -0.3 is 15.4 Å². The van der Waals surface area contributed by atoms with E-state index in [-0.39, 0.29) is 5.91 Å². The van der Waals surface area contributed by atoms with E-state index in [0.29, 0.717) is 24.4 Å². The molecule has 20 heavy (non-hydrogen) atoms. The number of carbonyl (C=O) groups excluding carboxylic acids is 1. The fourth-order valence-electron chi connectivity index (χ4n) is 2.29. The third-order valence-corrected chi connectivity index (χ3v) is 3.65. The number of nitrogens with two attached hydrogens (primary N) is 1. The molecule has 2 N–H and O–H groups in total. The molecule has 0 bridgehead atoms. The molecule has 0 atom stereocenters. The summed E-state index contributed by atoms with van der Waals surface area (Å²) in [6.45, 7) is 8.12. The van der Waals surface area contributed by atoms with Crippen LogP contribution in [-0.2, 0) is 9.53 Å². The lowest BCUT2D eigenvalue weighted by Crippen LogP contribution is -2.39. The fourth-order valence-corrected chi connectivity index (χ4v) is 2.38. The Bertz CT molecular complexity index is 307. The summed E-state index contributed by atoms with van der Waals surface area (Å²) in [4.78, 5) is 16.8. The van der Waals surface area contributed by atoms with Crippen molar-refractivity contribution in [3.05, 3.63) is 0 Å². The van der Waals surface area contributed by atoms with E-state index >= 15 is 0 Å². The second kappa shape index (κ2) is 10.1. The Labute approximate surface area is 127 Å². The highest BCUT2D eigenvalue weighted by Gasteiger charge is 2.14. The number of carbonyl (C=O) groups is 1. The van der Waals surface area contributed by atoms with Gasteiger partial charge >= 0.3 is 0 Å². The van der Waals surface area contributed by atoms with E-state index in [1.165, 1.54) is 0 Å². The molecule has 116 valence electrons. The molecule has 1 aliphatic heterocycles. The second-order valence-electron chi connectivity index (χ2n) is 5.15. The summed E-state index contributed by atoms with van der Waals surface area (Å²) < 4.78 is 5.33. The lowest BCUT2D eigenvalue weighted by molar-refractivity contribution is -0.131. The molecule has 1 rings (SSSR count). The molecule has 0 aliphatic carbocycles.